The third-order valence-electron chi connectivity index (χ3n) is 2.77. The monoisotopic (exact) mass is 209 g/mol. The van der Waals surface area contributed by atoms with Gasteiger partial charge in [-0.25, -0.2) is 0 Å². The molecule has 1 aliphatic carbocycles. The van der Waals surface area contributed by atoms with Crippen LogP contribution in [0.1, 0.15) is 29.0 Å². The van der Waals surface area contributed by atoms with Gasteiger partial charge in [0.25, 0.3) is 5.91 Å². The van der Waals surface area contributed by atoms with E-state index in [2.05, 4.69) is 10.4 Å². The molecule has 1 aromatic heterocycles. The highest BCUT2D eigenvalue weighted by Gasteiger charge is 2.43. The first-order valence-electron chi connectivity index (χ1n) is 5.00. The Morgan fingerprint density at radius 2 is 2.40 bits per heavy atom. The Kier molecular flexibility index (Phi) is 2.26. The van der Waals surface area contributed by atoms with Crippen molar-refractivity contribution in [1.82, 2.24) is 15.1 Å². The molecule has 1 saturated carbocycles. The van der Waals surface area contributed by atoms with Crippen molar-refractivity contribution in [3.63, 3.8) is 0 Å². The minimum absolute atomic E-state index is 0.00950. The number of hydrogen-bond donors (Lipinski definition) is 2. The minimum Gasteiger partial charge on any atom is -0.394 e. The van der Waals surface area contributed by atoms with Gasteiger partial charge in [-0.1, -0.05) is 0 Å². The van der Waals surface area contributed by atoms with E-state index >= 15 is 0 Å². The molecule has 2 rings (SSSR count). The Hall–Kier alpha value is -1.36. The lowest BCUT2D eigenvalue weighted by Crippen LogP contribution is -2.40. The summed E-state index contributed by atoms with van der Waals surface area (Å²) in [5, 5.41) is 16.0. The Balaban J connectivity index is 2.11. The third kappa shape index (κ3) is 1.87. The number of aliphatic hydroxyl groups excluding tert-OH is 1. The van der Waals surface area contributed by atoms with Gasteiger partial charge in [-0.15, -0.1) is 0 Å². The lowest BCUT2D eigenvalue weighted by molar-refractivity contribution is 0.0897. The van der Waals surface area contributed by atoms with Gasteiger partial charge in [-0.3, -0.25) is 9.48 Å². The molecular formula is C10H15N3O2. The zero-order chi connectivity index (χ0) is 11.1. The lowest BCUT2D eigenvalue weighted by atomic mass is 10.2. The van der Waals surface area contributed by atoms with Gasteiger partial charge in [0, 0.05) is 7.05 Å². The van der Waals surface area contributed by atoms with Crippen LogP contribution in [-0.4, -0.2) is 32.9 Å². The second kappa shape index (κ2) is 3.34. The topological polar surface area (TPSA) is 67.2 Å². The van der Waals surface area contributed by atoms with Crippen LogP contribution >= 0.6 is 0 Å². The van der Waals surface area contributed by atoms with Crippen LogP contribution in [0, 0.1) is 6.92 Å². The SMILES string of the molecule is Cc1cc(C(=O)NC2(CO)CC2)n(C)n1. The molecule has 0 aromatic carbocycles. The zero-order valence-electron chi connectivity index (χ0n) is 8.95. The fourth-order valence-corrected chi connectivity index (χ4v) is 1.60. The quantitative estimate of drug-likeness (QED) is 0.735. The molecule has 0 unspecified atom stereocenters. The first kappa shape index (κ1) is 10.2. The molecule has 15 heavy (non-hydrogen) atoms. The van der Waals surface area contributed by atoms with Crippen molar-refractivity contribution in [3.05, 3.63) is 17.5 Å². The normalized spacial score (nSPS) is 17.5. The summed E-state index contributed by atoms with van der Waals surface area (Å²) in [5.74, 6) is -0.162. The minimum atomic E-state index is -0.366. The molecule has 5 nitrogen and oxygen atoms in total. The molecular weight excluding hydrogens is 194 g/mol. The maximum Gasteiger partial charge on any atom is 0.270 e. The van der Waals surface area contributed by atoms with Crippen LogP contribution in [0.5, 0.6) is 0 Å². The summed E-state index contributed by atoms with van der Waals surface area (Å²) in [4.78, 5) is 11.8. The van der Waals surface area contributed by atoms with Gasteiger partial charge in [0.05, 0.1) is 17.8 Å². The van der Waals surface area contributed by atoms with Crippen molar-refractivity contribution in [2.75, 3.05) is 6.61 Å². The Morgan fingerprint density at radius 3 is 2.80 bits per heavy atom. The lowest BCUT2D eigenvalue weighted by Gasteiger charge is -2.13. The summed E-state index contributed by atoms with van der Waals surface area (Å²) in [7, 11) is 1.74. The average molecular weight is 209 g/mol. The fraction of sp³-hybridized carbons (Fsp3) is 0.600. The highest BCUT2D eigenvalue weighted by molar-refractivity contribution is 5.93. The number of rotatable bonds is 3. The first-order valence-corrected chi connectivity index (χ1v) is 5.00. The highest BCUT2D eigenvalue weighted by atomic mass is 16.3. The van der Waals surface area contributed by atoms with Crippen LogP contribution in [0.3, 0.4) is 0 Å². The summed E-state index contributed by atoms with van der Waals surface area (Å²) in [5.41, 5.74) is 0.985. The van der Waals surface area contributed by atoms with Crippen molar-refractivity contribution in [2.24, 2.45) is 7.05 Å². The highest BCUT2D eigenvalue weighted by Crippen LogP contribution is 2.34. The number of carbonyl (C=O) groups excluding carboxylic acids is 1. The van der Waals surface area contributed by atoms with Gasteiger partial charge in [-0.2, -0.15) is 5.10 Å². The predicted molar refractivity (Wildman–Crippen MR) is 54.5 cm³/mol. The van der Waals surface area contributed by atoms with Crippen molar-refractivity contribution < 1.29 is 9.90 Å². The van der Waals surface area contributed by atoms with E-state index in [0.717, 1.165) is 18.5 Å². The number of aromatic nitrogens is 2. The number of carbonyl (C=O) groups is 1. The van der Waals surface area contributed by atoms with Gasteiger partial charge in [0.1, 0.15) is 5.69 Å². The maximum absolute atomic E-state index is 11.8. The van der Waals surface area contributed by atoms with Crippen molar-refractivity contribution in [3.8, 4) is 0 Å². The molecule has 0 saturated heterocycles. The van der Waals surface area contributed by atoms with Gasteiger partial charge in [0.2, 0.25) is 0 Å². The Labute approximate surface area is 88.1 Å². The van der Waals surface area contributed by atoms with Crippen LogP contribution < -0.4 is 5.32 Å². The molecule has 1 aromatic rings. The smallest absolute Gasteiger partial charge is 0.270 e. The van der Waals surface area contributed by atoms with Crippen LogP contribution in [0.2, 0.25) is 0 Å². The number of hydrogen-bond acceptors (Lipinski definition) is 3. The van der Waals surface area contributed by atoms with E-state index in [9.17, 15) is 4.79 Å². The largest absolute Gasteiger partial charge is 0.394 e. The molecule has 1 amide bonds. The number of aliphatic hydroxyl groups is 1. The molecule has 5 heteroatoms. The van der Waals surface area contributed by atoms with Gasteiger partial charge < -0.3 is 10.4 Å². The first-order chi connectivity index (χ1) is 7.06. The second-order valence-corrected chi connectivity index (χ2v) is 4.19. The van der Waals surface area contributed by atoms with E-state index in [1.807, 2.05) is 6.92 Å². The maximum atomic E-state index is 11.8. The van der Waals surface area contributed by atoms with E-state index < -0.39 is 0 Å². The Morgan fingerprint density at radius 1 is 1.73 bits per heavy atom. The molecule has 1 fully saturated rings. The summed E-state index contributed by atoms with van der Waals surface area (Å²) in [6, 6.07) is 1.74. The van der Waals surface area contributed by atoms with Crippen molar-refractivity contribution in [2.45, 2.75) is 25.3 Å². The van der Waals surface area contributed by atoms with Gasteiger partial charge in [0.15, 0.2) is 0 Å². The zero-order valence-corrected chi connectivity index (χ0v) is 8.95. The molecule has 1 aliphatic rings. The average Bonchev–Trinajstić information content (AvgIpc) is 2.86. The van der Waals surface area contributed by atoms with Crippen molar-refractivity contribution in [1.29, 1.82) is 0 Å². The summed E-state index contributed by atoms with van der Waals surface area (Å²) < 4.78 is 1.55. The van der Waals surface area contributed by atoms with Crippen LogP contribution in [-0.2, 0) is 7.05 Å². The van der Waals surface area contributed by atoms with E-state index in [-0.39, 0.29) is 18.1 Å². The van der Waals surface area contributed by atoms with E-state index in [4.69, 9.17) is 5.11 Å². The van der Waals surface area contributed by atoms with Crippen LogP contribution in [0.25, 0.3) is 0 Å². The molecule has 2 N–H and O–H groups in total. The molecule has 0 atom stereocenters. The number of nitrogens with zero attached hydrogens (tertiary/aromatic N) is 2. The van der Waals surface area contributed by atoms with E-state index in [1.54, 1.807) is 17.8 Å². The predicted octanol–water partition coefficient (Wildman–Crippen LogP) is -0.0168. The molecule has 1 heterocycles. The van der Waals surface area contributed by atoms with Gasteiger partial charge in [-0.05, 0) is 25.8 Å². The van der Waals surface area contributed by atoms with Crippen LogP contribution in [0.15, 0.2) is 6.07 Å². The summed E-state index contributed by atoms with van der Waals surface area (Å²) in [6.45, 7) is 1.85. The fourth-order valence-electron chi connectivity index (χ4n) is 1.60. The summed E-state index contributed by atoms with van der Waals surface area (Å²) >= 11 is 0. The molecule has 82 valence electrons. The second-order valence-electron chi connectivity index (χ2n) is 4.19. The standard InChI is InChI=1S/C10H15N3O2/c1-7-5-8(13(2)12-7)9(15)11-10(6-14)3-4-10/h5,14H,3-4,6H2,1-2H3,(H,11,15). The number of nitrogens with one attached hydrogen (secondary N) is 1. The summed E-state index contributed by atoms with van der Waals surface area (Å²) in [6.07, 6.45) is 1.71. The van der Waals surface area contributed by atoms with E-state index in [0.29, 0.717) is 5.69 Å². The molecule has 0 radical (unpaired) electrons. The molecule has 0 spiro atoms. The Bertz CT molecular complexity index is 393. The molecule has 0 aliphatic heterocycles. The van der Waals surface area contributed by atoms with Crippen molar-refractivity contribution >= 4 is 5.91 Å². The van der Waals surface area contributed by atoms with E-state index in [1.165, 1.54) is 0 Å². The number of amides is 1. The number of aryl methyl sites for hydroxylation is 2. The third-order valence-corrected chi connectivity index (χ3v) is 2.77. The van der Waals surface area contributed by atoms with Gasteiger partial charge >= 0.3 is 0 Å². The molecule has 0 bridgehead atoms. The van der Waals surface area contributed by atoms with Crippen LogP contribution in [0.4, 0.5) is 0 Å².